The number of carbonyl (C=O) groups is 2. The highest BCUT2D eigenvalue weighted by atomic mass is 32.2. The van der Waals surface area contributed by atoms with Crippen molar-refractivity contribution < 1.29 is 14.3 Å². The first-order valence-electron chi connectivity index (χ1n) is 10.6. The number of rotatable bonds is 7. The Labute approximate surface area is 196 Å². The van der Waals surface area contributed by atoms with E-state index < -0.39 is 0 Å². The van der Waals surface area contributed by atoms with E-state index in [4.69, 9.17) is 4.74 Å². The highest BCUT2D eigenvalue weighted by Crippen LogP contribution is 2.27. The summed E-state index contributed by atoms with van der Waals surface area (Å²) in [5, 5.41) is 14.9. The van der Waals surface area contributed by atoms with Crippen molar-refractivity contribution in [3.63, 3.8) is 0 Å². The van der Waals surface area contributed by atoms with Crippen LogP contribution in [-0.4, -0.2) is 65.7 Å². The molecule has 0 atom stereocenters. The zero-order chi connectivity index (χ0) is 23.2. The van der Waals surface area contributed by atoms with Crippen molar-refractivity contribution in [1.29, 1.82) is 0 Å². The molecule has 1 saturated heterocycles. The summed E-state index contributed by atoms with van der Waals surface area (Å²) in [7, 11) is 1.58. The largest absolute Gasteiger partial charge is 0.378 e. The number of ether oxygens (including phenoxy) is 1. The first kappa shape index (κ1) is 22.8. The van der Waals surface area contributed by atoms with Gasteiger partial charge in [-0.05, 0) is 48.9 Å². The molecular weight excluding hydrogens is 440 g/mol. The van der Waals surface area contributed by atoms with Gasteiger partial charge in [0.2, 0.25) is 11.9 Å². The van der Waals surface area contributed by atoms with Crippen LogP contribution >= 0.6 is 11.8 Å². The van der Waals surface area contributed by atoms with Crippen molar-refractivity contribution in [2.45, 2.75) is 12.1 Å². The summed E-state index contributed by atoms with van der Waals surface area (Å²) in [6, 6.07) is 14.9. The molecule has 33 heavy (non-hydrogen) atoms. The minimum atomic E-state index is -0.171. The Morgan fingerprint density at radius 2 is 1.85 bits per heavy atom. The average molecular weight is 467 g/mol. The van der Waals surface area contributed by atoms with E-state index in [-0.39, 0.29) is 17.6 Å². The van der Waals surface area contributed by atoms with Gasteiger partial charge >= 0.3 is 0 Å². The summed E-state index contributed by atoms with van der Waals surface area (Å²) in [4.78, 5) is 26.4. The summed E-state index contributed by atoms with van der Waals surface area (Å²) in [5.41, 5.74) is 3.24. The van der Waals surface area contributed by atoms with Gasteiger partial charge in [0, 0.05) is 31.4 Å². The second-order valence-electron chi connectivity index (χ2n) is 7.55. The average Bonchev–Trinajstić information content (AvgIpc) is 3.27. The number of aromatic nitrogens is 3. The van der Waals surface area contributed by atoms with Crippen molar-refractivity contribution in [2.75, 3.05) is 49.3 Å². The number of amides is 2. The molecule has 9 nitrogen and oxygen atoms in total. The lowest BCUT2D eigenvalue weighted by molar-refractivity contribution is -0.113. The second kappa shape index (κ2) is 10.5. The monoisotopic (exact) mass is 466 g/mol. The quantitative estimate of drug-likeness (QED) is 0.516. The predicted octanol–water partition coefficient (Wildman–Crippen LogP) is 2.50. The fraction of sp³-hybridized carbons (Fsp3) is 0.304. The van der Waals surface area contributed by atoms with Gasteiger partial charge in [-0.15, -0.1) is 10.2 Å². The standard InChI is InChI=1S/C23H26N6O3S/c1-16-4-3-5-19(14-16)29-22(28-10-12-32-13-11-28)26-27-23(29)33-15-20(30)25-18-8-6-17(7-9-18)21(31)24-2/h3-9,14H,10-13,15H2,1-2H3,(H,24,31)(H,25,30). The first-order chi connectivity index (χ1) is 16.0. The zero-order valence-corrected chi connectivity index (χ0v) is 19.4. The Hall–Kier alpha value is -3.37. The van der Waals surface area contributed by atoms with Gasteiger partial charge in [-0.2, -0.15) is 0 Å². The number of nitrogens with zero attached hydrogens (tertiary/aromatic N) is 4. The maximum absolute atomic E-state index is 12.6. The normalized spacial score (nSPS) is 13.6. The number of benzene rings is 2. The lowest BCUT2D eigenvalue weighted by atomic mass is 10.2. The Morgan fingerprint density at radius 3 is 2.55 bits per heavy atom. The molecule has 10 heteroatoms. The van der Waals surface area contributed by atoms with E-state index in [0.29, 0.717) is 29.6 Å². The van der Waals surface area contributed by atoms with Crippen LogP contribution in [0.3, 0.4) is 0 Å². The Balaban J connectivity index is 1.49. The highest BCUT2D eigenvalue weighted by molar-refractivity contribution is 7.99. The van der Waals surface area contributed by atoms with E-state index in [0.717, 1.165) is 30.3 Å². The Morgan fingerprint density at radius 1 is 1.09 bits per heavy atom. The van der Waals surface area contributed by atoms with Crippen LogP contribution in [0.15, 0.2) is 53.7 Å². The third-order valence-corrected chi connectivity index (χ3v) is 6.09. The molecule has 1 fully saturated rings. The maximum Gasteiger partial charge on any atom is 0.251 e. The molecule has 1 aliphatic heterocycles. The Kier molecular flexibility index (Phi) is 7.26. The second-order valence-corrected chi connectivity index (χ2v) is 8.49. The van der Waals surface area contributed by atoms with Crippen molar-refractivity contribution in [3.8, 4) is 5.69 Å². The van der Waals surface area contributed by atoms with Gasteiger partial charge < -0.3 is 20.3 Å². The fourth-order valence-electron chi connectivity index (χ4n) is 3.49. The fourth-order valence-corrected chi connectivity index (χ4v) is 4.24. The first-order valence-corrected chi connectivity index (χ1v) is 11.6. The number of hydrogen-bond donors (Lipinski definition) is 2. The van der Waals surface area contributed by atoms with Gasteiger partial charge in [0.05, 0.1) is 24.7 Å². The molecule has 172 valence electrons. The van der Waals surface area contributed by atoms with E-state index in [2.05, 4.69) is 31.8 Å². The third kappa shape index (κ3) is 5.52. The molecular formula is C23H26N6O3S. The van der Waals surface area contributed by atoms with Gasteiger partial charge in [-0.3, -0.25) is 14.2 Å². The molecule has 1 aliphatic rings. The van der Waals surface area contributed by atoms with E-state index in [1.54, 1.807) is 31.3 Å². The predicted molar refractivity (Wildman–Crippen MR) is 128 cm³/mol. The van der Waals surface area contributed by atoms with Crippen LogP contribution < -0.4 is 15.5 Å². The molecule has 0 unspecified atom stereocenters. The lowest BCUT2D eigenvalue weighted by Crippen LogP contribution is -2.37. The van der Waals surface area contributed by atoms with Crippen LogP contribution in [-0.2, 0) is 9.53 Å². The molecule has 1 aromatic heterocycles. The molecule has 0 radical (unpaired) electrons. The molecule has 4 rings (SSSR count). The van der Waals surface area contributed by atoms with Gasteiger partial charge in [0.1, 0.15) is 0 Å². The molecule has 0 saturated carbocycles. The Bertz CT molecular complexity index is 1130. The van der Waals surface area contributed by atoms with Crippen molar-refractivity contribution in [3.05, 3.63) is 59.7 Å². The van der Waals surface area contributed by atoms with Crippen LogP contribution in [0.4, 0.5) is 11.6 Å². The van der Waals surface area contributed by atoms with Crippen LogP contribution in [0.25, 0.3) is 5.69 Å². The smallest absolute Gasteiger partial charge is 0.251 e. The van der Waals surface area contributed by atoms with Crippen molar-refractivity contribution in [1.82, 2.24) is 20.1 Å². The van der Waals surface area contributed by atoms with E-state index in [1.807, 2.05) is 29.7 Å². The topological polar surface area (TPSA) is 101 Å². The summed E-state index contributed by atoms with van der Waals surface area (Å²) in [6.07, 6.45) is 0. The van der Waals surface area contributed by atoms with Crippen LogP contribution in [0, 0.1) is 6.92 Å². The van der Waals surface area contributed by atoms with Gasteiger partial charge in [0.25, 0.3) is 5.91 Å². The minimum Gasteiger partial charge on any atom is -0.378 e. The number of thioether (sulfide) groups is 1. The third-order valence-electron chi connectivity index (χ3n) is 5.16. The summed E-state index contributed by atoms with van der Waals surface area (Å²) >= 11 is 1.33. The van der Waals surface area contributed by atoms with Gasteiger partial charge in [-0.25, -0.2) is 0 Å². The number of anilines is 2. The number of morpholine rings is 1. The van der Waals surface area contributed by atoms with E-state index >= 15 is 0 Å². The molecule has 0 spiro atoms. The van der Waals surface area contributed by atoms with E-state index in [1.165, 1.54) is 11.8 Å². The molecule has 0 aliphatic carbocycles. The van der Waals surface area contributed by atoms with Crippen LogP contribution in [0.5, 0.6) is 0 Å². The molecule has 2 N–H and O–H groups in total. The minimum absolute atomic E-state index is 0.167. The number of aryl methyl sites for hydroxylation is 1. The molecule has 0 bridgehead atoms. The summed E-state index contributed by atoms with van der Waals surface area (Å²) in [5.74, 6) is 0.579. The van der Waals surface area contributed by atoms with E-state index in [9.17, 15) is 9.59 Å². The molecule has 2 heterocycles. The SMILES string of the molecule is CNC(=O)c1ccc(NC(=O)CSc2nnc(N3CCOCC3)n2-c2cccc(C)c2)cc1. The molecule has 3 aromatic rings. The zero-order valence-electron chi connectivity index (χ0n) is 18.6. The maximum atomic E-state index is 12.6. The van der Waals surface area contributed by atoms with Crippen molar-refractivity contribution in [2.24, 2.45) is 0 Å². The lowest BCUT2D eigenvalue weighted by Gasteiger charge is -2.28. The molecule has 2 aromatic carbocycles. The highest BCUT2D eigenvalue weighted by Gasteiger charge is 2.22. The molecule has 2 amide bonds. The number of carbonyl (C=O) groups excluding carboxylic acids is 2. The van der Waals surface area contributed by atoms with Crippen molar-refractivity contribution >= 4 is 35.2 Å². The van der Waals surface area contributed by atoms with Crippen LogP contribution in [0.1, 0.15) is 15.9 Å². The number of nitrogens with one attached hydrogen (secondary N) is 2. The van der Waals surface area contributed by atoms with Crippen LogP contribution in [0.2, 0.25) is 0 Å². The summed E-state index contributed by atoms with van der Waals surface area (Å²) in [6.45, 7) is 4.80. The van der Waals surface area contributed by atoms with Gasteiger partial charge in [-0.1, -0.05) is 23.9 Å². The summed E-state index contributed by atoms with van der Waals surface area (Å²) < 4.78 is 7.47. The van der Waals surface area contributed by atoms with Gasteiger partial charge in [0.15, 0.2) is 5.16 Å². The number of hydrogen-bond acceptors (Lipinski definition) is 7.